The second-order valence-electron chi connectivity index (χ2n) is 7.06. The number of benzene rings is 2. The molecule has 30 heavy (non-hydrogen) atoms. The average Bonchev–Trinajstić information content (AvgIpc) is 3.39. The lowest BCUT2D eigenvalue weighted by atomic mass is 10.1. The second kappa shape index (κ2) is 9.18. The number of oxazole rings is 1. The van der Waals surface area contributed by atoms with Crippen molar-refractivity contribution >= 4 is 11.6 Å². The highest BCUT2D eigenvalue weighted by atomic mass is 35.5. The molecule has 0 saturated heterocycles. The molecule has 4 aromatic rings. The van der Waals surface area contributed by atoms with E-state index in [0.717, 1.165) is 47.0 Å². The molecule has 0 radical (unpaired) electrons. The number of ether oxygens (including phenoxy) is 1. The van der Waals surface area contributed by atoms with Crippen molar-refractivity contribution in [2.75, 3.05) is 6.61 Å². The Morgan fingerprint density at radius 2 is 1.90 bits per heavy atom. The molecule has 0 bridgehead atoms. The van der Waals surface area contributed by atoms with E-state index in [2.05, 4.69) is 11.9 Å². The third kappa shape index (κ3) is 4.41. The SMILES string of the molecule is CCc1nccn1-c1nc(-c2ccc(Cl)cc2)c(CCCOc2ccccc2C)o1. The zero-order chi connectivity index (χ0) is 20.9. The van der Waals surface area contributed by atoms with Crippen LogP contribution in [0.1, 0.15) is 30.5 Å². The monoisotopic (exact) mass is 421 g/mol. The summed E-state index contributed by atoms with van der Waals surface area (Å²) in [6.45, 7) is 4.71. The molecule has 4 rings (SSSR count). The van der Waals surface area contributed by atoms with Gasteiger partial charge in [-0.15, -0.1) is 0 Å². The Balaban J connectivity index is 1.55. The van der Waals surface area contributed by atoms with Gasteiger partial charge in [-0.2, -0.15) is 4.98 Å². The number of rotatable bonds is 8. The molecule has 2 heterocycles. The summed E-state index contributed by atoms with van der Waals surface area (Å²) >= 11 is 6.07. The maximum atomic E-state index is 6.19. The molecule has 2 aromatic carbocycles. The van der Waals surface area contributed by atoms with Gasteiger partial charge in [-0.3, -0.25) is 4.57 Å². The Morgan fingerprint density at radius 1 is 1.10 bits per heavy atom. The first kappa shape index (κ1) is 20.2. The van der Waals surface area contributed by atoms with Crippen molar-refractivity contribution < 1.29 is 9.15 Å². The molecule has 0 N–H and O–H groups in total. The van der Waals surface area contributed by atoms with Gasteiger partial charge in [0.25, 0.3) is 0 Å². The van der Waals surface area contributed by atoms with Crippen molar-refractivity contribution in [3.8, 4) is 23.0 Å². The van der Waals surface area contributed by atoms with Crippen LogP contribution < -0.4 is 4.74 Å². The highest BCUT2D eigenvalue weighted by Crippen LogP contribution is 2.28. The number of aryl methyl sites for hydroxylation is 3. The fourth-order valence-corrected chi connectivity index (χ4v) is 3.47. The molecule has 0 amide bonds. The van der Waals surface area contributed by atoms with Crippen LogP contribution in [-0.2, 0) is 12.8 Å². The molecule has 5 nitrogen and oxygen atoms in total. The normalized spacial score (nSPS) is 11.0. The van der Waals surface area contributed by atoms with Gasteiger partial charge in [-0.25, -0.2) is 4.98 Å². The number of hydrogen-bond donors (Lipinski definition) is 0. The molecule has 0 atom stereocenters. The molecular weight excluding hydrogens is 398 g/mol. The second-order valence-corrected chi connectivity index (χ2v) is 7.50. The third-order valence-corrected chi connectivity index (χ3v) is 5.19. The summed E-state index contributed by atoms with van der Waals surface area (Å²) in [6, 6.07) is 16.2. The summed E-state index contributed by atoms with van der Waals surface area (Å²) in [6.07, 6.45) is 5.97. The zero-order valence-corrected chi connectivity index (χ0v) is 17.9. The van der Waals surface area contributed by atoms with Crippen molar-refractivity contribution in [1.29, 1.82) is 0 Å². The van der Waals surface area contributed by atoms with Gasteiger partial charge in [0.15, 0.2) is 0 Å². The van der Waals surface area contributed by atoms with E-state index in [4.69, 9.17) is 25.7 Å². The van der Waals surface area contributed by atoms with Crippen molar-refractivity contribution in [3.05, 3.63) is 83.1 Å². The van der Waals surface area contributed by atoms with E-state index >= 15 is 0 Å². The molecule has 0 saturated carbocycles. The van der Waals surface area contributed by atoms with Gasteiger partial charge in [-0.1, -0.05) is 48.9 Å². The molecule has 0 fully saturated rings. The van der Waals surface area contributed by atoms with Crippen LogP contribution >= 0.6 is 11.6 Å². The summed E-state index contributed by atoms with van der Waals surface area (Å²) in [4.78, 5) is 9.16. The van der Waals surface area contributed by atoms with Gasteiger partial charge >= 0.3 is 6.01 Å². The maximum absolute atomic E-state index is 6.19. The highest BCUT2D eigenvalue weighted by molar-refractivity contribution is 6.30. The Hall–Kier alpha value is -3.05. The maximum Gasteiger partial charge on any atom is 0.307 e. The number of hydrogen-bond acceptors (Lipinski definition) is 4. The Bertz CT molecular complexity index is 1120. The van der Waals surface area contributed by atoms with Crippen molar-refractivity contribution in [2.45, 2.75) is 33.1 Å². The van der Waals surface area contributed by atoms with E-state index in [1.807, 2.05) is 66.2 Å². The number of imidazole rings is 1. The van der Waals surface area contributed by atoms with E-state index in [0.29, 0.717) is 24.1 Å². The summed E-state index contributed by atoms with van der Waals surface area (Å²) in [5, 5.41) is 0.693. The Kier molecular flexibility index (Phi) is 6.19. The van der Waals surface area contributed by atoms with Crippen LogP contribution in [0, 0.1) is 6.92 Å². The predicted molar refractivity (Wildman–Crippen MR) is 118 cm³/mol. The quantitative estimate of drug-likeness (QED) is 0.324. The number of nitrogens with zero attached hydrogens (tertiary/aromatic N) is 3. The van der Waals surface area contributed by atoms with Crippen LogP contribution in [0.5, 0.6) is 5.75 Å². The molecule has 0 aliphatic heterocycles. The minimum atomic E-state index is 0.532. The fourth-order valence-electron chi connectivity index (χ4n) is 3.35. The van der Waals surface area contributed by atoms with Crippen molar-refractivity contribution in [2.24, 2.45) is 0 Å². The van der Waals surface area contributed by atoms with Crippen LogP contribution in [0.3, 0.4) is 0 Å². The predicted octanol–water partition coefficient (Wildman–Crippen LogP) is 6.06. The topological polar surface area (TPSA) is 53.1 Å². The van der Waals surface area contributed by atoms with E-state index in [9.17, 15) is 0 Å². The van der Waals surface area contributed by atoms with E-state index in [-0.39, 0.29) is 0 Å². The summed E-state index contributed by atoms with van der Waals surface area (Å²) in [7, 11) is 0. The average molecular weight is 422 g/mol. The lowest BCUT2D eigenvalue weighted by Gasteiger charge is -2.08. The van der Waals surface area contributed by atoms with Gasteiger partial charge in [0.1, 0.15) is 23.0 Å². The van der Waals surface area contributed by atoms with Crippen LogP contribution in [0.4, 0.5) is 0 Å². The van der Waals surface area contributed by atoms with E-state index in [1.54, 1.807) is 6.20 Å². The first-order chi connectivity index (χ1) is 14.7. The van der Waals surface area contributed by atoms with Gasteiger partial charge in [-0.05, 0) is 37.1 Å². The van der Waals surface area contributed by atoms with E-state index < -0.39 is 0 Å². The van der Waals surface area contributed by atoms with Gasteiger partial charge in [0.2, 0.25) is 0 Å². The highest BCUT2D eigenvalue weighted by Gasteiger charge is 2.18. The standard InChI is InChI=1S/C24H24ClN3O2/c1-3-22-26-14-15-28(22)24-27-23(18-10-12-19(25)13-11-18)21(30-24)9-6-16-29-20-8-5-4-7-17(20)2/h4-5,7-8,10-15H,3,6,9,16H2,1-2H3. The molecule has 2 aromatic heterocycles. The molecule has 154 valence electrons. The number of aromatic nitrogens is 3. The summed E-state index contributed by atoms with van der Waals surface area (Å²) in [5.74, 6) is 2.66. The van der Waals surface area contributed by atoms with Crippen LogP contribution in [0.2, 0.25) is 5.02 Å². The van der Waals surface area contributed by atoms with E-state index in [1.165, 1.54) is 0 Å². The number of halogens is 1. The lowest BCUT2D eigenvalue weighted by molar-refractivity contribution is 0.304. The van der Waals surface area contributed by atoms with Gasteiger partial charge in [0.05, 0.1) is 6.61 Å². The summed E-state index contributed by atoms with van der Waals surface area (Å²) in [5.41, 5.74) is 2.93. The minimum absolute atomic E-state index is 0.532. The number of para-hydroxylation sites is 1. The lowest BCUT2D eigenvalue weighted by Crippen LogP contribution is -2.01. The largest absolute Gasteiger partial charge is 0.493 e. The van der Waals surface area contributed by atoms with Crippen molar-refractivity contribution in [3.63, 3.8) is 0 Å². The van der Waals surface area contributed by atoms with Crippen LogP contribution in [0.15, 0.2) is 65.3 Å². The minimum Gasteiger partial charge on any atom is -0.493 e. The molecule has 0 aliphatic rings. The van der Waals surface area contributed by atoms with Crippen LogP contribution in [0.25, 0.3) is 17.3 Å². The Morgan fingerprint density at radius 3 is 2.67 bits per heavy atom. The molecular formula is C24H24ClN3O2. The molecule has 0 spiro atoms. The molecule has 0 unspecified atom stereocenters. The molecule has 6 heteroatoms. The van der Waals surface area contributed by atoms with Crippen LogP contribution in [-0.4, -0.2) is 21.1 Å². The summed E-state index contributed by atoms with van der Waals surface area (Å²) < 4.78 is 14.0. The molecule has 0 aliphatic carbocycles. The first-order valence-electron chi connectivity index (χ1n) is 10.1. The Labute approximate surface area is 181 Å². The third-order valence-electron chi connectivity index (χ3n) is 4.94. The fraction of sp³-hybridized carbons (Fsp3) is 0.250. The van der Waals surface area contributed by atoms with Gasteiger partial charge < -0.3 is 9.15 Å². The smallest absolute Gasteiger partial charge is 0.307 e. The first-order valence-corrected chi connectivity index (χ1v) is 10.5. The zero-order valence-electron chi connectivity index (χ0n) is 17.1. The van der Waals surface area contributed by atoms with Gasteiger partial charge in [0, 0.05) is 35.8 Å². The van der Waals surface area contributed by atoms with Crippen molar-refractivity contribution in [1.82, 2.24) is 14.5 Å².